The van der Waals surface area contributed by atoms with E-state index < -0.39 is 8.60 Å². The third kappa shape index (κ3) is 40.2. The molecule has 0 aliphatic carbocycles. The molecule has 5 heavy (non-hydrogen) atoms. The van der Waals surface area contributed by atoms with Crippen LogP contribution in [-0.4, -0.2) is 38.6 Å². The van der Waals surface area contributed by atoms with Crippen molar-refractivity contribution in [3.05, 3.63) is 0 Å². The second kappa shape index (κ2) is 5.11. The average Bonchev–Trinajstić information content (AvgIpc) is 0.811. The van der Waals surface area contributed by atoms with Crippen molar-refractivity contribution >= 4 is 32.5 Å². The van der Waals surface area contributed by atoms with E-state index in [9.17, 15) is 0 Å². The molecule has 0 saturated heterocycles. The van der Waals surface area contributed by atoms with E-state index in [1.807, 2.05) is 0 Å². The van der Waals surface area contributed by atoms with Crippen LogP contribution in [0.15, 0.2) is 0 Å². The average molecular weight is 203 g/mol. The van der Waals surface area contributed by atoms with Gasteiger partial charge in [0.15, 0.2) is 0 Å². The third-order valence-electron chi connectivity index (χ3n) is 0. The van der Waals surface area contributed by atoms with Gasteiger partial charge in [0, 0.05) is 0 Å². The fourth-order valence-corrected chi connectivity index (χ4v) is 0. The maximum absolute atomic E-state index is 7.23. The SMILES string of the molecule is OP(O)O.[SnH2]. The van der Waals surface area contributed by atoms with Crippen LogP contribution in [0.2, 0.25) is 0 Å². The first kappa shape index (κ1) is 9.44. The topological polar surface area (TPSA) is 60.7 Å². The molecule has 0 fully saturated rings. The fraction of sp³-hybridized carbons (Fsp3) is 0. The number of hydrogen-bond acceptors (Lipinski definition) is 3. The van der Waals surface area contributed by atoms with Crippen LogP contribution in [0.5, 0.6) is 0 Å². The summed E-state index contributed by atoms with van der Waals surface area (Å²) in [5.41, 5.74) is 0. The van der Waals surface area contributed by atoms with E-state index in [2.05, 4.69) is 0 Å². The summed E-state index contributed by atoms with van der Waals surface area (Å²) in [5.74, 6) is 0. The van der Waals surface area contributed by atoms with E-state index in [-0.39, 0.29) is 23.9 Å². The van der Waals surface area contributed by atoms with Crippen LogP contribution in [0.1, 0.15) is 0 Å². The van der Waals surface area contributed by atoms with Gasteiger partial charge in [0.1, 0.15) is 0 Å². The van der Waals surface area contributed by atoms with Crippen molar-refractivity contribution in [3.8, 4) is 0 Å². The maximum atomic E-state index is 7.23. The molecule has 3 nitrogen and oxygen atoms in total. The zero-order valence-corrected chi connectivity index (χ0v) is 7.43. The van der Waals surface area contributed by atoms with E-state index in [4.69, 9.17) is 14.7 Å². The predicted octanol–water partition coefficient (Wildman–Crippen LogP) is -1.73. The molecule has 0 aliphatic rings. The first-order chi connectivity index (χ1) is 1.73. The molecule has 2 radical (unpaired) electrons. The minimum atomic E-state index is -2.62. The van der Waals surface area contributed by atoms with Crippen LogP contribution >= 0.6 is 8.60 Å². The quantitative estimate of drug-likeness (QED) is 0.324. The van der Waals surface area contributed by atoms with E-state index in [0.717, 1.165) is 0 Å². The van der Waals surface area contributed by atoms with Crippen molar-refractivity contribution in [1.82, 2.24) is 0 Å². The molecular formula is H5O3PSn. The second-order valence-electron chi connectivity index (χ2n) is 0.268. The Hall–Kier alpha value is 1.11. The summed E-state index contributed by atoms with van der Waals surface area (Å²) in [7, 11) is -2.62. The molecule has 0 aliphatic heterocycles. The molecule has 0 saturated carbocycles. The molecule has 0 aromatic carbocycles. The van der Waals surface area contributed by atoms with E-state index in [0.29, 0.717) is 0 Å². The van der Waals surface area contributed by atoms with Crippen molar-refractivity contribution in [2.45, 2.75) is 0 Å². The summed E-state index contributed by atoms with van der Waals surface area (Å²) < 4.78 is 0. The number of rotatable bonds is 0. The summed E-state index contributed by atoms with van der Waals surface area (Å²) in [6.45, 7) is 0. The standard InChI is InChI=1S/H3O3P.Sn.2H/c1-4(2)3;;;/h1-3H;;;. The Bertz CT molecular complexity index is 11.6. The van der Waals surface area contributed by atoms with Gasteiger partial charge in [-0.2, -0.15) is 0 Å². The first-order valence-electron chi connectivity index (χ1n) is 0.600. The second-order valence-corrected chi connectivity index (χ2v) is 0.805. The molecule has 0 heterocycles. The molecule has 32 valence electrons. The van der Waals surface area contributed by atoms with Crippen molar-refractivity contribution in [3.63, 3.8) is 0 Å². The minimum absolute atomic E-state index is 0. The zero-order chi connectivity index (χ0) is 3.58. The Kier molecular flexibility index (Phi) is 9.65. The Balaban J connectivity index is 0. The molecule has 0 unspecified atom stereocenters. The van der Waals surface area contributed by atoms with Crippen LogP contribution in [0.25, 0.3) is 0 Å². The van der Waals surface area contributed by atoms with Crippen molar-refractivity contribution < 1.29 is 14.7 Å². The summed E-state index contributed by atoms with van der Waals surface area (Å²) >= 11 is 0. The summed E-state index contributed by atoms with van der Waals surface area (Å²) in [5, 5.41) is 0. The first-order valence-corrected chi connectivity index (χ1v) is 1.80. The van der Waals surface area contributed by atoms with Gasteiger partial charge in [0.05, 0.1) is 0 Å². The predicted molar refractivity (Wildman–Crippen MR) is 22.1 cm³/mol. The summed E-state index contributed by atoms with van der Waals surface area (Å²) in [4.78, 5) is 21.7. The molecule has 0 aromatic rings. The van der Waals surface area contributed by atoms with Gasteiger partial charge in [0.2, 0.25) is 0 Å². The van der Waals surface area contributed by atoms with Gasteiger partial charge in [-0.05, 0) is 0 Å². The van der Waals surface area contributed by atoms with Gasteiger partial charge in [-0.25, -0.2) is 0 Å². The molecule has 0 aromatic heterocycles. The van der Waals surface area contributed by atoms with Crippen LogP contribution in [0.4, 0.5) is 0 Å². The molecule has 3 N–H and O–H groups in total. The number of hydrogen-bond donors (Lipinski definition) is 3. The Labute approximate surface area is 47.6 Å². The Morgan fingerprint density at radius 1 is 1.00 bits per heavy atom. The van der Waals surface area contributed by atoms with Gasteiger partial charge in [-0.15, -0.1) is 0 Å². The molecule has 0 bridgehead atoms. The van der Waals surface area contributed by atoms with Crippen molar-refractivity contribution in [1.29, 1.82) is 0 Å². The zero-order valence-electron chi connectivity index (χ0n) is 2.50. The summed E-state index contributed by atoms with van der Waals surface area (Å²) in [6, 6.07) is 0. The molecule has 0 spiro atoms. The molecule has 0 atom stereocenters. The van der Waals surface area contributed by atoms with E-state index in [1.54, 1.807) is 0 Å². The molecule has 0 rings (SSSR count). The van der Waals surface area contributed by atoms with E-state index >= 15 is 0 Å². The van der Waals surface area contributed by atoms with Crippen LogP contribution in [0.3, 0.4) is 0 Å². The van der Waals surface area contributed by atoms with Crippen LogP contribution < -0.4 is 0 Å². The monoisotopic (exact) mass is 204 g/mol. The van der Waals surface area contributed by atoms with Gasteiger partial charge in [-0.3, -0.25) is 0 Å². The van der Waals surface area contributed by atoms with E-state index in [1.165, 1.54) is 0 Å². The van der Waals surface area contributed by atoms with Gasteiger partial charge < -0.3 is 14.7 Å². The third-order valence-corrected chi connectivity index (χ3v) is 0. The normalized spacial score (nSPS) is 7.20. The van der Waals surface area contributed by atoms with Gasteiger partial charge >= 0.3 is 32.5 Å². The molecular weight excluding hydrogens is 198 g/mol. The Morgan fingerprint density at radius 3 is 1.00 bits per heavy atom. The molecule has 0 amide bonds. The Morgan fingerprint density at radius 2 is 1.00 bits per heavy atom. The van der Waals surface area contributed by atoms with Crippen LogP contribution in [0, 0.1) is 0 Å². The van der Waals surface area contributed by atoms with Crippen molar-refractivity contribution in [2.24, 2.45) is 0 Å². The summed E-state index contributed by atoms with van der Waals surface area (Å²) in [6.07, 6.45) is 0. The van der Waals surface area contributed by atoms with Gasteiger partial charge in [-0.1, -0.05) is 0 Å². The van der Waals surface area contributed by atoms with Crippen LogP contribution in [-0.2, 0) is 0 Å². The van der Waals surface area contributed by atoms with Gasteiger partial charge in [0.25, 0.3) is 0 Å². The molecule has 5 heteroatoms. The fourth-order valence-electron chi connectivity index (χ4n) is 0. The van der Waals surface area contributed by atoms with Crippen molar-refractivity contribution in [2.75, 3.05) is 0 Å².